The van der Waals surface area contributed by atoms with E-state index in [2.05, 4.69) is 34.9 Å². The molecule has 2 aromatic carbocycles. The van der Waals surface area contributed by atoms with Crippen LogP contribution in [0.2, 0.25) is 0 Å². The van der Waals surface area contributed by atoms with Crippen molar-refractivity contribution in [2.75, 3.05) is 18.4 Å². The zero-order valence-electron chi connectivity index (χ0n) is 12.0. The minimum Gasteiger partial charge on any atom is -0.376 e. The summed E-state index contributed by atoms with van der Waals surface area (Å²) in [6, 6.07) is 20.2. The van der Waals surface area contributed by atoms with Crippen molar-refractivity contribution in [1.29, 1.82) is 0 Å². The maximum atomic E-state index is 11.9. The second-order valence-corrected chi connectivity index (χ2v) is 5.64. The summed E-state index contributed by atoms with van der Waals surface area (Å²) >= 11 is 0. The molecule has 3 heteroatoms. The van der Waals surface area contributed by atoms with Crippen LogP contribution in [-0.2, 0) is 10.2 Å². The second-order valence-electron chi connectivity index (χ2n) is 5.64. The van der Waals surface area contributed by atoms with Crippen LogP contribution >= 0.6 is 0 Å². The maximum absolute atomic E-state index is 11.9. The zero-order valence-corrected chi connectivity index (χ0v) is 12.0. The number of carbonyl (C=O) groups is 1. The molecule has 0 spiro atoms. The molecule has 0 aliphatic heterocycles. The van der Waals surface area contributed by atoms with Crippen molar-refractivity contribution < 1.29 is 4.79 Å². The molecule has 1 fully saturated rings. The van der Waals surface area contributed by atoms with E-state index in [1.807, 2.05) is 36.4 Å². The Hall–Kier alpha value is -2.29. The number of anilines is 1. The molecule has 0 aromatic heterocycles. The van der Waals surface area contributed by atoms with Gasteiger partial charge in [0.1, 0.15) is 0 Å². The lowest BCUT2D eigenvalue weighted by atomic mass is 9.96. The maximum Gasteiger partial charge on any atom is 0.239 e. The molecular formula is C18H20N2O. The fourth-order valence-corrected chi connectivity index (χ4v) is 2.58. The van der Waals surface area contributed by atoms with E-state index >= 15 is 0 Å². The summed E-state index contributed by atoms with van der Waals surface area (Å²) in [5.74, 6) is 0.0426. The molecule has 1 saturated carbocycles. The summed E-state index contributed by atoms with van der Waals surface area (Å²) in [5.41, 5.74) is 2.47. The molecule has 2 N–H and O–H groups in total. The van der Waals surface area contributed by atoms with Crippen LogP contribution in [0, 0.1) is 0 Å². The Morgan fingerprint density at radius 2 is 1.57 bits per heavy atom. The van der Waals surface area contributed by atoms with Crippen molar-refractivity contribution in [2.24, 2.45) is 0 Å². The summed E-state index contributed by atoms with van der Waals surface area (Å²) < 4.78 is 0. The standard InChI is InChI=1S/C18H20N2O/c21-17(13-19-16-9-5-2-6-10-16)20-14-18(11-12-18)15-7-3-1-4-8-15/h1-10,19H,11-14H2,(H,20,21). The van der Waals surface area contributed by atoms with Gasteiger partial charge in [0.2, 0.25) is 5.91 Å². The van der Waals surface area contributed by atoms with E-state index in [1.54, 1.807) is 0 Å². The van der Waals surface area contributed by atoms with Gasteiger partial charge in [-0.15, -0.1) is 0 Å². The molecule has 21 heavy (non-hydrogen) atoms. The zero-order chi connectivity index (χ0) is 14.5. The smallest absolute Gasteiger partial charge is 0.239 e. The molecule has 3 nitrogen and oxygen atoms in total. The Kier molecular flexibility index (Phi) is 3.91. The average molecular weight is 280 g/mol. The van der Waals surface area contributed by atoms with Crippen molar-refractivity contribution in [3.63, 3.8) is 0 Å². The molecule has 0 atom stereocenters. The third-order valence-corrected chi connectivity index (χ3v) is 4.09. The fourth-order valence-electron chi connectivity index (χ4n) is 2.58. The highest BCUT2D eigenvalue weighted by molar-refractivity contribution is 5.80. The summed E-state index contributed by atoms with van der Waals surface area (Å²) in [4.78, 5) is 11.9. The average Bonchev–Trinajstić information content (AvgIpc) is 3.34. The summed E-state index contributed by atoms with van der Waals surface area (Å²) in [6.45, 7) is 1.04. The van der Waals surface area contributed by atoms with Gasteiger partial charge in [-0.3, -0.25) is 4.79 Å². The van der Waals surface area contributed by atoms with E-state index in [9.17, 15) is 4.79 Å². The molecule has 3 rings (SSSR count). The van der Waals surface area contributed by atoms with Gasteiger partial charge in [0.25, 0.3) is 0 Å². The van der Waals surface area contributed by atoms with Gasteiger partial charge in [-0.05, 0) is 30.5 Å². The van der Waals surface area contributed by atoms with Crippen LogP contribution in [0.5, 0.6) is 0 Å². The Bertz CT molecular complexity index is 591. The molecule has 0 heterocycles. The lowest BCUT2D eigenvalue weighted by Gasteiger charge is -2.17. The lowest BCUT2D eigenvalue weighted by molar-refractivity contribution is -0.119. The second kappa shape index (κ2) is 6.00. The summed E-state index contributed by atoms with van der Waals surface area (Å²) in [7, 11) is 0. The molecule has 0 unspecified atom stereocenters. The third kappa shape index (κ3) is 3.43. The first-order valence-electron chi connectivity index (χ1n) is 7.40. The minimum absolute atomic E-state index is 0.0426. The molecule has 1 amide bonds. The van der Waals surface area contributed by atoms with Crippen LogP contribution in [0.3, 0.4) is 0 Å². The van der Waals surface area contributed by atoms with Gasteiger partial charge in [-0.25, -0.2) is 0 Å². The highest BCUT2D eigenvalue weighted by atomic mass is 16.1. The molecule has 0 saturated heterocycles. The minimum atomic E-state index is 0.0426. The monoisotopic (exact) mass is 280 g/mol. The predicted octanol–water partition coefficient (Wildman–Crippen LogP) is 2.95. The van der Waals surface area contributed by atoms with Crippen LogP contribution in [0.4, 0.5) is 5.69 Å². The SMILES string of the molecule is O=C(CNc1ccccc1)NCC1(c2ccccc2)CC1. The van der Waals surface area contributed by atoms with Gasteiger partial charge in [-0.1, -0.05) is 48.5 Å². The Morgan fingerprint density at radius 1 is 0.952 bits per heavy atom. The Balaban J connectivity index is 1.48. The van der Waals surface area contributed by atoms with Crippen molar-refractivity contribution in [1.82, 2.24) is 5.32 Å². The van der Waals surface area contributed by atoms with Crippen molar-refractivity contribution >= 4 is 11.6 Å². The van der Waals surface area contributed by atoms with Crippen molar-refractivity contribution in [2.45, 2.75) is 18.3 Å². The van der Waals surface area contributed by atoms with Crippen LogP contribution in [0.1, 0.15) is 18.4 Å². The van der Waals surface area contributed by atoms with Crippen molar-refractivity contribution in [3.8, 4) is 0 Å². The number of nitrogens with one attached hydrogen (secondary N) is 2. The van der Waals surface area contributed by atoms with Crippen molar-refractivity contribution in [3.05, 3.63) is 66.2 Å². The highest BCUT2D eigenvalue weighted by Gasteiger charge is 2.44. The normalized spacial score (nSPS) is 15.2. The largest absolute Gasteiger partial charge is 0.376 e. The lowest BCUT2D eigenvalue weighted by Crippen LogP contribution is -2.35. The van der Waals surface area contributed by atoms with Gasteiger partial charge in [-0.2, -0.15) is 0 Å². The molecule has 108 valence electrons. The summed E-state index contributed by atoms with van der Waals surface area (Å²) in [5, 5.41) is 6.18. The number of amides is 1. The first-order valence-corrected chi connectivity index (χ1v) is 7.40. The van der Waals surface area contributed by atoms with Gasteiger partial charge in [0.15, 0.2) is 0 Å². The molecule has 0 bridgehead atoms. The van der Waals surface area contributed by atoms with Gasteiger partial charge in [0.05, 0.1) is 6.54 Å². The Labute approximate surface area is 125 Å². The third-order valence-electron chi connectivity index (χ3n) is 4.09. The van der Waals surface area contributed by atoms with E-state index in [0.717, 1.165) is 25.1 Å². The number of hydrogen-bond donors (Lipinski definition) is 2. The van der Waals surface area contributed by atoms with Gasteiger partial charge < -0.3 is 10.6 Å². The van der Waals surface area contributed by atoms with Crippen LogP contribution in [-0.4, -0.2) is 19.0 Å². The molecule has 0 radical (unpaired) electrons. The first-order chi connectivity index (χ1) is 10.3. The number of para-hydroxylation sites is 1. The number of carbonyl (C=O) groups excluding carboxylic acids is 1. The van der Waals surface area contributed by atoms with E-state index in [1.165, 1.54) is 5.56 Å². The number of rotatable bonds is 6. The van der Waals surface area contributed by atoms with E-state index in [4.69, 9.17) is 0 Å². The fraction of sp³-hybridized carbons (Fsp3) is 0.278. The predicted molar refractivity (Wildman–Crippen MR) is 85.3 cm³/mol. The van der Waals surface area contributed by atoms with E-state index < -0.39 is 0 Å². The van der Waals surface area contributed by atoms with E-state index in [-0.39, 0.29) is 11.3 Å². The molecule has 1 aliphatic rings. The van der Waals surface area contributed by atoms with Gasteiger partial charge >= 0.3 is 0 Å². The highest BCUT2D eigenvalue weighted by Crippen LogP contribution is 2.47. The van der Waals surface area contributed by atoms with Crippen LogP contribution in [0.15, 0.2) is 60.7 Å². The first kappa shape index (κ1) is 13.7. The quantitative estimate of drug-likeness (QED) is 0.854. The molecule has 2 aromatic rings. The Morgan fingerprint density at radius 3 is 2.19 bits per heavy atom. The molecule has 1 aliphatic carbocycles. The van der Waals surface area contributed by atoms with Crippen LogP contribution in [0.25, 0.3) is 0 Å². The van der Waals surface area contributed by atoms with E-state index in [0.29, 0.717) is 6.54 Å². The number of benzene rings is 2. The van der Waals surface area contributed by atoms with Gasteiger partial charge in [0, 0.05) is 17.6 Å². The molecular weight excluding hydrogens is 260 g/mol. The topological polar surface area (TPSA) is 41.1 Å². The summed E-state index contributed by atoms with van der Waals surface area (Å²) in [6.07, 6.45) is 2.31. The van der Waals surface area contributed by atoms with Crippen LogP contribution < -0.4 is 10.6 Å². The number of hydrogen-bond acceptors (Lipinski definition) is 2.